The van der Waals surface area contributed by atoms with Gasteiger partial charge in [0.2, 0.25) is 0 Å². The van der Waals surface area contributed by atoms with Gasteiger partial charge in [0.25, 0.3) is 16.3 Å². The van der Waals surface area contributed by atoms with E-state index in [0.717, 1.165) is 42.7 Å². The molecule has 0 spiro atoms. The fourth-order valence-electron chi connectivity index (χ4n) is 1.02. The first-order valence-corrected chi connectivity index (χ1v) is 6.99. The highest BCUT2D eigenvalue weighted by Gasteiger charge is 2.00. The molecular weight excluding hydrogens is 239 g/mol. The topological polar surface area (TPSA) is 18.5 Å². The Morgan fingerprint density at radius 2 is 1.69 bits per heavy atom. The van der Waals surface area contributed by atoms with E-state index in [4.69, 9.17) is 21.1 Å². The van der Waals surface area contributed by atoms with Crippen molar-refractivity contribution >= 4 is 27.9 Å². The van der Waals surface area contributed by atoms with Crippen molar-refractivity contribution in [3.63, 3.8) is 0 Å². The molecule has 16 heavy (non-hydrogen) atoms. The van der Waals surface area contributed by atoms with Crippen LogP contribution >= 0.6 is 11.6 Å². The van der Waals surface area contributed by atoms with Crippen molar-refractivity contribution in [1.29, 1.82) is 0 Å². The van der Waals surface area contributed by atoms with Gasteiger partial charge in [-0.05, 0) is 18.9 Å². The van der Waals surface area contributed by atoms with Crippen LogP contribution in [0.25, 0.3) is 0 Å². The van der Waals surface area contributed by atoms with E-state index in [1.807, 2.05) is 0 Å². The van der Waals surface area contributed by atoms with Crippen LogP contribution < -0.4 is 0 Å². The van der Waals surface area contributed by atoms with E-state index >= 15 is 0 Å². The molecule has 0 aromatic heterocycles. The first-order valence-electron chi connectivity index (χ1n) is 5.84. The first-order chi connectivity index (χ1) is 7.76. The lowest BCUT2D eigenvalue weighted by atomic mass is 10.3. The summed E-state index contributed by atoms with van der Waals surface area (Å²) >= 11 is 7.26. The standard InChI is InChI=1S/C12H20ClO2.Al.H/c1-3-5-9-14-11-12(7-8-13)15-10-6-4-2;;/h7-8H,3-6,9-10H2,1-2H3;;. The Morgan fingerprint density at radius 3 is 2.19 bits per heavy atom. The molecule has 2 nitrogen and oxygen atoms in total. The van der Waals surface area contributed by atoms with Gasteiger partial charge in [-0.25, -0.2) is 0 Å². The molecule has 0 saturated carbocycles. The maximum atomic E-state index is 5.61. The van der Waals surface area contributed by atoms with Crippen molar-refractivity contribution < 1.29 is 9.47 Å². The van der Waals surface area contributed by atoms with E-state index < -0.39 is 0 Å². The third-order valence-electron chi connectivity index (χ3n) is 2.02. The SMILES string of the molecule is CCCCO[C]([AlH])=C(C=CCl)OCCCC. The lowest BCUT2D eigenvalue weighted by Gasteiger charge is -2.13. The third-order valence-corrected chi connectivity index (χ3v) is 2.70. The number of ether oxygens (including phenoxy) is 2. The Labute approximate surface area is 112 Å². The first kappa shape index (κ1) is 15.9. The number of rotatable bonds is 9. The average Bonchev–Trinajstić information content (AvgIpc) is 2.28. The highest BCUT2D eigenvalue weighted by molar-refractivity contribution is 6.25. The van der Waals surface area contributed by atoms with Gasteiger partial charge in [-0.2, -0.15) is 0 Å². The van der Waals surface area contributed by atoms with Gasteiger partial charge in [-0.1, -0.05) is 38.3 Å². The molecule has 0 N–H and O–H groups in total. The molecule has 0 unspecified atom stereocenters. The molecule has 0 aromatic carbocycles. The molecule has 0 aromatic rings. The van der Waals surface area contributed by atoms with Crippen LogP contribution in [0.2, 0.25) is 0 Å². The maximum Gasteiger partial charge on any atom is 0.291 e. The van der Waals surface area contributed by atoms with E-state index in [1.54, 1.807) is 22.4 Å². The lowest BCUT2D eigenvalue weighted by Crippen LogP contribution is -2.02. The lowest BCUT2D eigenvalue weighted by molar-refractivity contribution is 0.173. The number of unbranched alkanes of at least 4 members (excludes halogenated alkanes) is 2. The zero-order valence-electron chi connectivity index (χ0n) is 10.3. The Bertz CT molecular complexity index is 227. The molecule has 0 aliphatic rings. The summed E-state index contributed by atoms with van der Waals surface area (Å²) in [4.78, 5) is 0. The molecule has 0 saturated heterocycles. The summed E-state index contributed by atoms with van der Waals surface area (Å²) in [6, 6.07) is 0. The molecule has 0 aliphatic heterocycles. The van der Waals surface area contributed by atoms with Crippen LogP contribution in [0.15, 0.2) is 22.0 Å². The predicted octanol–water partition coefficient (Wildman–Crippen LogP) is 3.44. The fourth-order valence-corrected chi connectivity index (χ4v) is 1.49. The normalized spacial score (nSPS) is 12.7. The van der Waals surface area contributed by atoms with Crippen LogP contribution in [0.1, 0.15) is 39.5 Å². The fraction of sp³-hybridized carbons (Fsp3) is 0.667. The minimum Gasteiger partial charge on any atom is -0.515 e. The number of hydrogen-bond donors (Lipinski definition) is 0. The van der Waals surface area contributed by atoms with Crippen LogP contribution in [0.3, 0.4) is 0 Å². The van der Waals surface area contributed by atoms with Crippen LogP contribution in [-0.4, -0.2) is 29.5 Å². The molecule has 91 valence electrons. The van der Waals surface area contributed by atoms with E-state index in [-0.39, 0.29) is 0 Å². The highest BCUT2D eigenvalue weighted by atomic mass is 35.5. The van der Waals surface area contributed by atoms with Crippen molar-refractivity contribution in [2.75, 3.05) is 13.2 Å². The van der Waals surface area contributed by atoms with Gasteiger partial charge < -0.3 is 9.47 Å². The molecule has 0 rings (SSSR count). The second-order valence-electron chi connectivity index (χ2n) is 3.48. The van der Waals surface area contributed by atoms with Crippen LogP contribution in [0.5, 0.6) is 0 Å². The molecular formula is C12H21AlClO2. The molecule has 4 heteroatoms. The van der Waals surface area contributed by atoms with E-state index in [9.17, 15) is 0 Å². The molecule has 0 heterocycles. The monoisotopic (exact) mass is 259 g/mol. The van der Waals surface area contributed by atoms with Crippen LogP contribution in [-0.2, 0) is 9.47 Å². The summed E-state index contributed by atoms with van der Waals surface area (Å²) in [7, 11) is 0. The largest absolute Gasteiger partial charge is 0.515 e. The van der Waals surface area contributed by atoms with Crippen molar-refractivity contribution in [3.05, 3.63) is 22.0 Å². The molecule has 1 radical (unpaired) electrons. The Hall–Kier alpha value is -0.0975. The second kappa shape index (κ2) is 11.4. The summed E-state index contributed by atoms with van der Waals surface area (Å²) in [6.07, 6.45) is 6.11. The van der Waals surface area contributed by atoms with Gasteiger partial charge in [-0.15, -0.1) is 0 Å². The summed E-state index contributed by atoms with van der Waals surface area (Å²) in [5.74, 6) is 0.748. The van der Waals surface area contributed by atoms with E-state index in [1.165, 1.54) is 5.54 Å². The molecule has 0 fully saturated rings. The van der Waals surface area contributed by atoms with Gasteiger partial charge >= 0.3 is 0 Å². The molecule has 0 bridgehead atoms. The van der Waals surface area contributed by atoms with Crippen LogP contribution in [0.4, 0.5) is 0 Å². The Kier molecular flexibility index (Phi) is 11.3. The van der Waals surface area contributed by atoms with Gasteiger partial charge in [0.15, 0.2) is 0 Å². The number of hydrogen-bond acceptors (Lipinski definition) is 2. The summed E-state index contributed by atoms with van der Waals surface area (Å²) in [6.45, 7) is 5.73. The third kappa shape index (κ3) is 8.10. The van der Waals surface area contributed by atoms with E-state index in [0.29, 0.717) is 6.61 Å². The molecule has 0 aliphatic carbocycles. The zero-order valence-corrected chi connectivity index (χ0v) is 12.5. The van der Waals surface area contributed by atoms with Gasteiger partial charge in [0, 0.05) is 10.2 Å². The van der Waals surface area contributed by atoms with Gasteiger partial charge in [0.1, 0.15) is 5.76 Å². The summed E-state index contributed by atoms with van der Waals surface area (Å²) in [5.41, 5.74) is 1.46. The minimum atomic E-state index is 0.714. The van der Waals surface area contributed by atoms with Crippen molar-refractivity contribution in [2.24, 2.45) is 0 Å². The van der Waals surface area contributed by atoms with Gasteiger partial charge in [0.05, 0.1) is 13.2 Å². The predicted molar refractivity (Wildman–Crippen MR) is 70.9 cm³/mol. The number of halogens is 1. The van der Waals surface area contributed by atoms with Crippen molar-refractivity contribution in [3.8, 4) is 0 Å². The van der Waals surface area contributed by atoms with E-state index in [2.05, 4.69) is 13.8 Å². The maximum absolute atomic E-state index is 5.61. The smallest absolute Gasteiger partial charge is 0.291 e. The highest BCUT2D eigenvalue weighted by Crippen LogP contribution is 2.09. The average molecular weight is 260 g/mol. The van der Waals surface area contributed by atoms with Crippen molar-refractivity contribution in [2.45, 2.75) is 39.5 Å². The molecule has 0 atom stereocenters. The van der Waals surface area contributed by atoms with Crippen LogP contribution in [0, 0.1) is 0 Å². The summed E-state index contributed by atoms with van der Waals surface area (Å²) in [5, 5.41) is 0. The zero-order chi connectivity index (χ0) is 12.2. The summed E-state index contributed by atoms with van der Waals surface area (Å²) < 4.78 is 12.0. The second-order valence-corrected chi connectivity index (χ2v) is 4.38. The Morgan fingerprint density at radius 1 is 1.12 bits per heavy atom. The van der Waals surface area contributed by atoms with Crippen molar-refractivity contribution in [1.82, 2.24) is 0 Å². The minimum absolute atomic E-state index is 0.714. The molecule has 0 amide bonds. The quantitative estimate of drug-likeness (QED) is 0.273. The Balaban J connectivity index is 4.17. The van der Waals surface area contributed by atoms with Gasteiger partial charge in [-0.3, -0.25) is 0 Å². The number of allylic oxidation sites excluding steroid dienone is 1.